The number of carboxylic acid groups (broad SMARTS) is 1. The van der Waals surface area contributed by atoms with Gasteiger partial charge >= 0.3 is 5.97 Å². The number of nitrogens with zero attached hydrogens (tertiary/aromatic N) is 1. The average Bonchev–Trinajstić information content (AvgIpc) is 2.53. The monoisotopic (exact) mass is 323 g/mol. The van der Waals surface area contributed by atoms with Crippen molar-refractivity contribution in [2.45, 2.75) is 31.9 Å². The highest BCUT2D eigenvalue weighted by molar-refractivity contribution is 5.93. The summed E-state index contributed by atoms with van der Waals surface area (Å²) in [5, 5.41) is 8.98. The van der Waals surface area contributed by atoms with E-state index in [-0.39, 0.29) is 24.4 Å². The highest BCUT2D eigenvalue weighted by atomic mass is 19.1. The SMILES string of the molecule is C=C(CC)C(=O)N1CCCC(F)(c2cccc(C(=O)O)c2F)C1. The molecule has 1 fully saturated rings. The molecule has 4 nitrogen and oxygen atoms in total. The minimum atomic E-state index is -2.10. The molecule has 1 N–H and O–H groups in total. The molecule has 1 heterocycles. The van der Waals surface area contributed by atoms with Gasteiger partial charge in [0.05, 0.1) is 12.1 Å². The zero-order valence-corrected chi connectivity index (χ0v) is 12.9. The van der Waals surface area contributed by atoms with Crippen LogP contribution in [0.25, 0.3) is 0 Å². The van der Waals surface area contributed by atoms with Crippen molar-refractivity contribution in [3.63, 3.8) is 0 Å². The Bertz CT molecular complexity index is 659. The molecular weight excluding hydrogens is 304 g/mol. The van der Waals surface area contributed by atoms with Crippen molar-refractivity contribution in [1.82, 2.24) is 4.90 Å². The summed E-state index contributed by atoms with van der Waals surface area (Å²) in [7, 11) is 0. The van der Waals surface area contributed by atoms with Crippen molar-refractivity contribution >= 4 is 11.9 Å². The number of hydrogen-bond acceptors (Lipinski definition) is 2. The van der Waals surface area contributed by atoms with Gasteiger partial charge < -0.3 is 10.0 Å². The third-order valence-corrected chi connectivity index (χ3v) is 4.17. The number of halogens is 2. The minimum absolute atomic E-state index is 0.0371. The van der Waals surface area contributed by atoms with Crippen LogP contribution in [0.1, 0.15) is 42.1 Å². The molecule has 1 aliphatic rings. The molecule has 0 saturated carbocycles. The first-order valence-corrected chi connectivity index (χ1v) is 7.48. The van der Waals surface area contributed by atoms with Gasteiger partial charge in [-0.25, -0.2) is 13.6 Å². The average molecular weight is 323 g/mol. The van der Waals surface area contributed by atoms with Crippen molar-refractivity contribution in [2.24, 2.45) is 0 Å². The molecule has 0 aliphatic carbocycles. The molecule has 0 radical (unpaired) electrons. The first-order chi connectivity index (χ1) is 10.8. The lowest BCUT2D eigenvalue weighted by Gasteiger charge is -2.38. The Morgan fingerprint density at radius 1 is 1.43 bits per heavy atom. The van der Waals surface area contributed by atoms with Crippen LogP contribution in [-0.2, 0) is 10.5 Å². The number of rotatable bonds is 4. The van der Waals surface area contributed by atoms with Crippen molar-refractivity contribution in [3.05, 3.63) is 47.3 Å². The van der Waals surface area contributed by atoms with E-state index in [1.807, 2.05) is 0 Å². The second kappa shape index (κ2) is 6.48. The van der Waals surface area contributed by atoms with Crippen LogP contribution in [0, 0.1) is 5.82 Å². The Labute approximate surface area is 133 Å². The van der Waals surface area contributed by atoms with Gasteiger partial charge in [-0.05, 0) is 25.3 Å². The van der Waals surface area contributed by atoms with Crippen molar-refractivity contribution in [2.75, 3.05) is 13.1 Å². The van der Waals surface area contributed by atoms with Gasteiger partial charge in [0.25, 0.3) is 0 Å². The summed E-state index contributed by atoms with van der Waals surface area (Å²) >= 11 is 0. The van der Waals surface area contributed by atoms with Crippen LogP contribution < -0.4 is 0 Å². The third kappa shape index (κ3) is 3.25. The molecule has 1 aromatic rings. The lowest BCUT2D eigenvalue weighted by Crippen LogP contribution is -2.47. The van der Waals surface area contributed by atoms with Gasteiger partial charge in [0, 0.05) is 17.7 Å². The van der Waals surface area contributed by atoms with E-state index in [0.717, 1.165) is 6.07 Å². The number of likely N-dealkylation sites (tertiary alicyclic amines) is 1. The van der Waals surface area contributed by atoms with E-state index < -0.39 is 23.0 Å². The number of alkyl halides is 1. The fourth-order valence-corrected chi connectivity index (χ4v) is 2.82. The van der Waals surface area contributed by atoms with Crippen molar-refractivity contribution in [1.29, 1.82) is 0 Å². The number of carboxylic acids is 1. The van der Waals surface area contributed by atoms with Gasteiger partial charge in [-0.3, -0.25) is 4.79 Å². The summed E-state index contributed by atoms with van der Waals surface area (Å²) in [5.74, 6) is -2.87. The first kappa shape index (κ1) is 17.1. The zero-order valence-electron chi connectivity index (χ0n) is 12.9. The lowest BCUT2D eigenvalue weighted by atomic mass is 9.86. The molecule has 124 valence electrons. The van der Waals surface area contributed by atoms with Gasteiger partial charge in [0.2, 0.25) is 5.91 Å². The van der Waals surface area contributed by atoms with Gasteiger partial charge in [0.15, 0.2) is 5.67 Å². The molecule has 1 unspecified atom stereocenters. The molecule has 0 bridgehead atoms. The summed E-state index contributed by atoms with van der Waals surface area (Å²) in [6.07, 6.45) is 0.864. The van der Waals surface area contributed by atoms with Crippen LogP contribution in [0.15, 0.2) is 30.4 Å². The summed E-state index contributed by atoms with van der Waals surface area (Å²) in [5.41, 5.74) is -2.61. The van der Waals surface area contributed by atoms with Gasteiger partial charge in [0.1, 0.15) is 5.82 Å². The topological polar surface area (TPSA) is 57.6 Å². The Hall–Kier alpha value is -2.24. The van der Waals surface area contributed by atoms with Gasteiger partial charge in [-0.15, -0.1) is 0 Å². The Morgan fingerprint density at radius 2 is 2.13 bits per heavy atom. The minimum Gasteiger partial charge on any atom is -0.478 e. The number of piperidine rings is 1. The second-order valence-electron chi connectivity index (χ2n) is 5.72. The van der Waals surface area contributed by atoms with Crippen molar-refractivity contribution in [3.8, 4) is 0 Å². The molecule has 2 rings (SSSR count). The van der Waals surface area contributed by atoms with E-state index >= 15 is 4.39 Å². The van der Waals surface area contributed by atoms with Crippen LogP contribution in [0.2, 0.25) is 0 Å². The van der Waals surface area contributed by atoms with E-state index in [4.69, 9.17) is 5.11 Å². The van der Waals surface area contributed by atoms with E-state index in [1.165, 1.54) is 17.0 Å². The molecule has 6 heteroatoms. The van der Waals surface area contributed by atoms with Gasteiger partial charge in [-0.1, -0.05) is 25.6 Å². The second-order valence-corrected chi connectivity index (χ2v) is 5.72. The summed E-state index contributed by atoms with van der Waals surface area (Å²) in [6, 6.07) is 3.65. The maximum absolute atomic E-state index is 15.3. The van der Waals surface area contributed by atoms with E-state index in [0.29, 0.717) is 25.0 Å². The largest absolute Gasteiger partial charge is 0.478 e. The Kier molecular flexibility index (Phi) is 4.82. The molecule has 0 aromatic heterocycles. The fourth-order valence-electron chi connectivity index (χ4n) is 2.82. The quantitative estimate of drug-likeness (QED) is 0.865. The summed E-state index contributed by atoms with van der Waals surface area (Å²) in [4.78, 5) is 24.5. The maximum Gasteiger partial charge on any atom is 0.338 e. The standard InChI is InChI=1S/C17H19F2NO3/c1-3-11(2)15(21)20-9-5-8-17(19,10-20)13-7-4-6-12(14(13)18)16(22)23/h4,6-7H,2-3,5,8-10H2,1H3,(H,22,23). The Balaban J connectivity index is 2.35. The summed E-state index contributed by atoms with van der Waals surface area (Å²) in [6.45, 7) is 5.52. The highest BCUT2D eigenvalue weighted by Crippen LogP contribution is 2.38. The van der Waals surface area contributed by atoms with Crippen LogP contribution in [0.5, 0.6) is 0 Å². The van der Waals surface area contributed by atoms with Crippen LogP contribution in [0.4, 0.5) is 8.78 Å². The Morgan fingerprint density at radius 3 is 2.74 bits per heavy atom. The molecule has 1 atom stereocenters. The number of benzene rings is 1. The van der Waals surface area contributed by atoms with Crippen LogP contribution >= 0.6 is 0 Å². The van der Waals surface area contributed by atoms with E-state index in [2.05, 4.69) is 6.58 Å². The molecule has 1 saturated heterocycles. The van der Waals surface area contributed by atoms with E-state index in [1.54, 1.807) is 6.92 Å². The number of carbonyl (C=O) groups is 2. The third-order valence-electron chi connectivity index (χ3n) is 4.17. The first-order valence-electron chi connectivity index (χ1n) is 7.48. The molecule has 1 aromatic carbocycles. The predicted molar refractivity (Wildman–Crippen MR) is 81.4 cm³/mol. The van der Waals surface area contributed by atoms with E-state index in [9.17, 15) is 14.0 Å². The molecular formula is C17H19F2NO3. The number of carbonyl (C=O) groups excluding carboxylic acids is 1. The maximum atomic E-state index is 15.3. The van der Waals surface area contributed by atoms with Crippen molar-refractivity contribution < 1.29 is 23.5 Å². The lowest BCUT2D eigenvalue weighted by molar-refractivity contribution is -0.131. The van der Waals surface area contributed by atoms with Crippen LogP contribution in [-0.4, -0.2) is 35.0 Å². The summed E-state index contributed by atoms with van der Waals surface area (Å²) < 4.78 is 29.7. The van der Waals surface area contributed by atoms with Gasteiger partial charge in [-0.2, -0.15) is 0 Å². The molecule has 0 spiro atoms. The number of hydrogen-bond donors (Lipinski definition) is 1. The smallest absolute Gasteiger partial charge is 0.338 e. The number of aromatic carboxylic acids is 1. The molecule has 1 amide bonds. The fraction of sp³-hybridized carbons (Fsp3) is 0.412. The number of amides is 1. The zero-order chi connectivity index (χ0) is 17.2. The molecule has 1 aliphatic heterocycles. The normalized spacial score (nSPS) is 21.1. The van der Waals surface area contributed by atoms with Crippen LogP contribution in [0.3, 0.4) is 0 Å². The highest BCUT2D eigenvalue weighted by Gasteiger charge is 2.41. The molecule has 23 heavy (non-hydrogen) atoms. The predicted octanol–water partition coefficient (Wildman–Crippen LogP) is 3.28.